The van der Waals surface area contributed by atoms with E-state index in [4.69, 9.17) is 21.1 Å². The van der Waals surface area contributed by atoms with E-state index >= 15 is 0 Å². The van der Waals surface area contributed by atoms with Crippen LogP contribution in [0.2, 0.25) is 0 Å². The van der Waals surface area contributed by atoms with E-state index in [9.17, 15) is 9.90 Å². The van der Waals surface area contributed by atoms with Gasteiger partial charge in [0.05, 0.1) is 12.7 Å². The van der Waals surface area contributed by atoms with Gasteiger partial charge in [0.15, 0.2) is 5.52 Å². The van der Waals surface area contributed by atoms with Crippen molar-refractivity contribution in [2.75, 3.05) is 12.3 Å². The molecule has 1 aliphatic heterocycles. The quantitative estimate of drug-likeness (QED) is 0.365. The van der Waals surface area contributed by atoms with Crippen molar-refractivity contribution in [2.45, 2.75) is 24.9 Å². The molecule has 0 aromatic carbocycles. The summed E-state index contributed by atoms with van der Waals surface area (Å²) in [6, 6.07) is 0. The number of imidazole rings is 1. The van der Waals surface area contributed by atoms with Crippen LogP contribution in [0.3, 0.4) is 0 Å². The molecular weight excluding hydrogens is 296 g/mol. The lowest BCUT2D eigenvalue weighted by atomic mass is 10.2. The van der Waals surface area contributed by atoms with Crippen molar-refractivity contribution in [3.8, 4) is 0 Å². The van der Waals surface area contributed by atoms with Gasteiger partial charge in [-0.2, -0.15) is 9.90 Å². The Morgan fingerprint density at radius 3 is 3.05 bits per heavy atom. The van der Waals surface area contributed by atoms with Gasteiger partial charge in [0.2, 0.25) is 5.65 Å². The molecule has 3 heterocycles. The van der Waals surface area contributed by atoms with Crippen LogP contribution >= 0.6 is 0 Å². The number of nitrogens with zero attached hydrogens (tertiary/aromatic N) is 7. The molecule has 1 fully saturated rings. The Kier molecular flexibility index (Phi) is 3.42. The fourth-order valence-electron chi connectivity index (χ4n) is 2.42. The normalized spacial score (nSPS) is 24.5. The predicted molar refractivity (Wildman–Crippen MR) is 72.4 cm³/mol. The summed E-state index contributed by atoms with van der Waals surface area (Å²) in [7, 11) is 0. The van der Waals surface area contributed by atoms with E-state index in [2.05, 4.69) is 20.1 Å². The van der Waals surface area contributed by atoms with Crippen molar-refractivity contribution in [1.82, 2.24) is 19.2 Å². The molecule has 3 atom stereocenters. The second-order valence-electron chi connectivity index (χ2n) is 4.70. The van der Waals surface area contributed by atoms with Crippen molar-refractivity contribution >= 4 is 17.1 Å². The van der Waals surface area contributed by atoms with Gasteiger partial charge in [-0.05, 0) is 5.22 Å². The summed E-state index contributed by atoms with van der Waals surface area (Å²) in [5.74, 6) is -0.297. The number of rotatable bonds is 3. The van der Waals surface area contributed by atoms with Crippen LogP contribution in [0, 0.1) is 0 Å². The van der Waals surface area contributed by atoms with Crippen LogP contribution in [-0.4, -0.2) is 48.2 Å². The first-order chi connectivity index (χ1) is 10.6. The number of anilines is 1. The van der Waals surface area contributed by atoms with E-state index in [1.54, 1.807) is 0 Å². The van der Waals surface area contributed by atoms with Crippen LogP contribution in [0.5, 0.6) is 0 Å². The lowest BCUT2D eigenvalue weighted by Crippen LogP contribution is -2.24. The Hall–Kier alpha value is -2.66. The number of azide groups is 1. The van der Waals surface area contributed by atoms with Crippen molar-refractivity contribution < 1.29 is 14.9 Å². The van der Waals surface area contributed by atoms with Gasteiger partial charge in [-0.3, -0.25) is 9.36 Å². The third-order valence-corrected chi connectivity index (χ3v) is 3.43. The SMILES string of the molecule is [N-]=[N+]=Nn1c(N)nc(=O)c2ncn([C@H]3C[C@H](O)[C@@H](CO)O3)c21. The second-order valence-corrected chi connectivity index (χ2v) is 4.70. The standard InChI is InChI=1S/C10H12N8O4/c11-10-14-8(21)7-9(18(10)16-15-12)17(3-13-7)6-1-4(20)5(2-19)22-6/h3-6,19-20H,1-2H2,(H2,11,14,21)/t4-,5+,6+/m0/s1. The largest absolute Gasteiger partial charge is 0.394 e. The van der Waals surface area contributed by atoms with Gasteiger partial charge >= 0.3 is 11.5 Å². The number of fused-ring (bicyclic) bond motifs is 1. The van der Waals surface area contributed by atoms with Crippen molar-refractivity contribution in [3.05, 3.63) is 27.1 Å². The Labute approximate surface area is 122 Å². The average molecular weight is 308 g/mol. The highest BCUT2D eigenvalue weighted by Crippen LogP contribution is 2.30. The molecule has 0 radical (unpaired) electrons. The first-order valence-electron chi connectivity index (χ1n) is 6.31. The molecule has 4 N–H and O–H groups in total. The summed E-state index contributed by atoms with van der Waals surface area (Å²) in [6.07, 6.45) is -0.845. The molecule has 2 aromatic rings. The first kappa shape index (κ1) is 14.3. The first-order valence-corrected chi connectivity index (χ1v) is 6.31. The van der Waals surface area contributed by atoms with Crippen molar-refractivity contribution in [2.24, 2.45) is 5.22 Å². The zero-order valence-corrected chi connectivity index (χ0v) is 11.1. The maximum Gasteiger partial charge on any atom is 0.306 e. The number of ether oxygens (including phenoxy) is 1. The summed E-state index contributed by atoms with van der Waals surface area (Å²) in [4.78, 5) is 21.9. The van der Waals surface area contributed by atoms with Crippen molar-refractivity contribution in [3.63, 3.8) is 0 Å². The number of hydrogen-bond acceptors (Lipinski definition) is 8. The molecule has 0 bridgehead atoms. The number of hydrogen-bond donors (Lipinski definition) is 3. The van der Waals surface area contributed by atoms with Gasteiger partial charge < -0.3 is 20.7 Å². The van der Waals surface area contributed by atoms with E-state index in [1.165, 1.54) is 10.9 Å². The molecule has 12 heteroatoms. The third-order valence-electron chi connectivity index (χ3n) is 3.43. The molecule has 0 spiro atoms. The van der Waals surface area contributed by atoms with E-state index in [1.807, 2.05) is 0 Å². The zero-order valence-electron chi connectivity index (χ0n) is 11.1. The molecule has 0 amide bonds. The van der Waals surface area contributed by atoms with E-state index < -0.39 is 24.0 Å². The van der Waals surface area contributed by atoms with Crippen molar-refractivity contribution in [1.29, 1.82) is 0 Å². The minimum atomic E-state index is -0.869. The molecule has 12 nitrogen and oxygen atoms in total. The zero-order chi connectivity index (χ0) is 15.9. The molecule has 0 saturated carbocycles. The summed E-state index contributed by atoms with van der Waals surface area (Å²) < 4.78 is 7.83. The summed E-state index contributed by atoms with van der Waals surface area (Å²) in [5.41, 5.74) is 13.6. The number of aliphatic hydroxyl groups is 2. The monoisotopic (exact) mass is 308 g/mol. The molecule has 22 heavy (non-hydrogen) atoms. The Balaban J connectivity index is 2.19. The topological polar surface area (TPSA) is 177 Å². The Morgan fingerprint density at radius 2 is 2.41 bits per heavy atom. The Bertz CT molecular complexity index is 822. The minimum Gasteiger partial charge on any atom is -0.394 e. The smallest absolute Gasteiger partial charge is 0.306 e. The molecule has 3 rings (SSSR count). The predicted octanol–water partition coefficient (Wildman–Crippen LogP) is -1.11. The highest BCUT2D eigenvalue weighted by atomic mass is 16.5. The molecule has 0 aliphatic carbocycles. The fourth-order valence-corrected chi connectivity index (χ4v) is 2.42. The lowest BCUT2D eigenvalue weighted by Gasteiger charge is -2.13. The van der Waals surface area contributed by atoms with Gasteiger partial charge in [-0.25, -0.2) is 4.98 Å². The molecular formula is C10H12N8O4. The summed E-state index contributed by atoms with van der Waals surface area (Å²) in [5, 5.41) is 22.3. The second kappa shape index (κ2) is 5.27. The summed E-state index contributed by atoms with van der Waals surface area (Å²) >= 11 is 0. The van der Waals surface area contributed by atoms with Gasteiger partial charge in [0, 0.05) is 6.42 Å². The van der Waals surface area contributed by atoms with Gasteiger partial charge in [0.25, 0.3) is 0 Å². The highest BCUT2D eigenvalue weighted by molar-refractivity contribution is 5.71. The summed E-state index contributed by atoms with van der Waals surface area (Å²) in [6.45, 7) is -0.350. The maximum absolute atomic E-state index is 11.8. The van der Waals surface area contributed by atoms with Crippen LogP contribution < -0.4 is 11.3 Å². The van der Waals surface area contributed by atoms with Crippen LogP contribution in [-0.2, 0) is 4.74 Å². The number of aliphatic hydroxyl groups excluding tert-OH is 2. The average Bonchev–Trinajstić information content (AvgIpc) is 3.07. The molecule has 116 valence electrons. The molecule has 1 aliphatic rings. The van der Waals surface area contributed by atoms with Crippen LogP contribution in [0.25, 0.3) is 21.6 Å². The van der Waals surface area contributed by atoms with E-state index in [0.29, 0.717) is 0 Å². The van der Waals surface area contributed by atoms with E-state index in [-0.39, 0.29) is 30.1 Å². The van der Waals surface area contributed by atoms with Gasteiger partial charge in [-0.1, -0.05) is 0 Å². The minimum absolute atomic E-state index is 0.0489. The highest BCUT2D eigenvalue weighted by Gasteiger charge is 2.36. The van der Waals surface area contributed by atoms with Gasteiger partial charge in [-0.15, -0.1) is 10.2 Å². The maximum atomic E-state index is 11.8. The van der Waals surface area contributed by atoms with Crippen LogP contribution in [0.4, 0.5) is 5.95 Å². The van der Waals surface area contributed by atoms with E-state index in [0.717, 1.165) is 4.68 Å². The number of nitrogen functional groups attached to an aromatic ring is 1. The molecule has 1 saturated heterocycles. The third kappa shape index (κ3) is 2.07. The molecule has 2 aromatic heterocycles. The fraction of sp³-hybridized carbons (Fsp3) is 0.500. The Morgan fingerprint density at radius 1 is 1.64 bits per heavy atom. The van der Waals surface area contributed by atoms with Crippen LogP contribution in [0.15, 0.2) is 16.3 Å². The van der Waals surface area contributed by atoms with Crippen LogP contribution in [0.1, 0.15) is 12.6 Å². The number of nitrogens with two attached hydrogens (primary N) is 1. The van der Waals surface area contributed by atoms with Gasteiger partial charge in [0.1, 0.15) is 18.7 Å². The number of aromatic nitrogens is 4. The lowest BCUT2D eigenvalue weighted by molar-refractivity contribution is -0.0433. The molecule has 0 unspecified atom stereocenters.